The lowest BCUT2D eigenvalue weighted by atomic mass is 10.1. The van der Waals surface area contributed by atoms with Gasteiger partial charge in [-0.1, -0.05) is 34.0 Å². The molecular formula is C27H21BrN2O4. The third kappa shape index (κ3) is 6.90. The Morgan fingerprint density at radius 1 is 1.06 bits per heavy atom. The van der Waals surface area contributed by atoms with Gasteiger partial charge >= 0.3 is 0 Å². The molecule has 0 spiro atoms. The van der Waals surface area contributed by atoms with Crippen LogP contribution in [0.15, 0.2) is 76.8 Å². The van der Waals surface area contributed by atoms with Crippen LogP contribution in [-0.2, 0) is 11.4 Å². The number of carbonyl (C=O) groups excluding carboxylic acids is 1. The van der Waals surface area contributed by atoms with Gasteiger partial charge in [-0.15, -0.1) is 6.42 Å². The fraction of sp³-hybridized carbons (Fsp3) is 0.111. The molecule has 0 fully saturated rings. The number of terminal acetylenes is 1. The lowest BCUT2D eigenvalue weighted by Gasteiger charge is -2.10. The summed E-state index contributed by atoms with van der Waals surface area (Å²) in [6.07, 6.45) is 6.72. The maximum Gasteiger partial charge on any atom is 0.266 e. The Morgan fingerprint density at radius 2 is 1.76 bits per heavy atom. The number of hydrogen-bond donors (Lipinski definition) is 1. The van der Waals surface area contributed by atoms with E-state index in [-0.39, 0.29) is 12.2 Å². The van der Waals surface area contributed by atoms with Gasteiger partial charge in [0.15, 0.2) is 0 Å². The third-order valence-electron chi connectivity index (χ3n) is 4.63. The minimum atomic E-state index is -0.551. The van der Waals surface area contributed by atoms with Crippen molar-refractivity contribution in [3.8, 4) is 35.7 Å². The average molecular weight is 517 g/mol. The Labute approximate surface area is 206 Å². The molecule has 3 rings (SSSR count). The first-order chi connectivity index (χ1) is 16.5. The molecule has 6 nitrogen and oxygen atoms in total. The van der Waals surface area contributed by atoms with Crippen molar-refractivity contribution in [2.24, 2.45) is 0 Å². The summed E-state index contributed by atoms with van der Waals surface area (Å²) in [5.74, 6) is 3.47. The van der Waals surface area contributed by atoms with Gasteiger partial charge in [-0.25, -0.2) is 0 Å². The third-order valence-corrected chi connectivity index (χ3v) is 5.16. The smallest absolute Gasteiger partial charge is 0.266 e. The molecule has 0 heterocycles. The van der Waals surface area contributed by atoms with Gasteiger partial charge in [0.05, 0.1) is 7.11 Å². The van der Waals surface area contributed by atoms with Crippen molar-refractivity contribution in [1.29, 1.82) is 5.26 Å². The molecule has 0 saturated carbocycles. The maximum atomic E-state index is 12.7. The van der Waals surface area contributed by atoms with E-state index in [4.69, 9.17) is 20.6 Å². The van der Waals surface area contributed by atoms with Crippen LogP contribution in [-0.4, -0.2) is 19.6 Å². The van der Waals surface area contributed by atoms with E-state index in [1.54, 1.807) is 42.5 Å². The molecule has 0 radical (unpaired) electrons. The van der Waals surface area contributed by atoms with Crippen LogP contribution in [0.3, 0.4) is 0 Å². The number of ether oxygens (including phenoxy) is 3. The molecule has 3 aromatic carbocycles. The molecule has 0 saturated heterocycles. The number of rotatable bonds is 9. The molecule has 0 atom stereocenters. The van der Waals surface area contributed by atoms with E-state index in [2.05, 4.69) is 27.2 Å². The van der Waals surface area contributed by atoms with Crippen LogP contribution in [0.4, 0.5) is 5.69 Å². The molecule has 7 heteroatoms. The molecule has 0 aliphatic carbocycles. The molecule has 1 N–H and O–H groups in total. The first kappa shape index (κ1) is 24.4. The predicted molar refractivity (Wildman–Crippen MR) is 134 cm³/mol. The highest BCUT2D eigenvalue weighted by molar-refractivity contribution is 9.10. The molecule has 0 bridgehead atoms. The zero-order chi connectivity index (χ0) is 24.3. The van der Waals surface area contributed by atoms with Crippen molar-refractivity contribution in [3.63, 3.8) is 0 Å². The summed E-state index contributed by atoms with van der Waals surface area (Å²) in [6.45, 7) is 0.463. The molecule has 0 aliphatic rings. The summed E-state index contributed by atoms with van der Waals surface area (Å²) in [5, 5.41) is 12.3. The van der Waals surface area contributed by atoms with Crippen molar-refractivity contribution in [2.45, 2.75) is 6.61 Å². The normalized spacial score (nSPS) is 10.5. The number of anilines is 1. The Kier molecular flexibility index (Phi) is 8.73. The number of methoxy groups -OCH3 is 1. The maximum absolute atomic E-state index is 12.7. The lowest BCUT2D eigenvalue weighted by molar-refractivity contribution is -0.112. The van der Waals surface area contributed by atoms with Crippen LogP contribution in [0.2, 0.25) is 0 Å². The number of benzene rings is 3. The van der Waals surface area contributed by atoms with E-state index in [1.807, 2.05) is 30.3 Å². The number of nitrogens with one attached hydrogen (secondary N) is 1. The second-order valence-corrected chi connectivity index (χ2v) is 7.88. The molecule has 3 aromatic rings. The first-order valence-corrected chi connectivity index (χ1v) is 11.0. The van der Waals surface area contributed by atoms with Crippen molar-refractivity contribution in [1.82, 2.24) is 0 Å². The van der Waals surface area contributed by atoms with Gasteiger partial charge in [-0.05, 0) is 60.2 Å². The standard InChI is InChI=1S/C27H21BrN2O4/c1-3-14-33-26-16-25(32-2)11-6-20(26)15-21(17-29)27(31)30-23-9-12-24(13-10-23)34-18-19-4-7-22(28)8-5-19/h1,4-13,15-16H,14,18H2,2H3,(H,30,31)/b21-15+. The van der Waals surface area contributed by atoms with Crippen LogP contribution in [0.5, 0.6) is 17.2 Å². The van der Waals surface area contributed by atoms with Crippen molar-refractivity contribution < 1.29 is 19.0 Å². The quantitative estimate of drug-likeness (QED) is 0.227. The van der Waals surface area contributed by atoms with Crippen LogP contribution in [0.25, 0.3) is 6.08 Å². The topological polar surface area (TPSA) is 80.6 Å². The molecule has 170 valence electrons. The fourth-order valence-electron chi connectivity index (χ4n) is 2.89. The van der Waals surface area contributed by atoms with Crippen LogP contribution >= 0.6 is 15.9 Å². The van der Waals surface area contributed by atoms with E-state index in [1.165, 1.54) is 13.2 Å². The summed E-state index contributed by atoms with van der Waals surface area (Å²) in [6, 6.07) is 21.7. The highest BCUT2D eigenvalue weighted by Crippen LogP contribution is 2.27. The predicted octanol–water partition coefficient (Wildman–Crippen LogP) is 5.59. The lowest BCUT2D eigenvalue weighted by Crippen LogP contribution is -2.13. The fourth-order valence-corrected chi connectivity index (χ4v) is 3.15. The van der Waals surface area contributed by atoms with E-state index in [9.17, 15) is 10.1 Å². The highest BCUT2D eigenvalue weighted by Gasteiger charge is 2.12. The van der Waals surface area contributed by atoms with Gasteiger partial charge in [0, 0.05) is 21.8 Å². The SMILES string of the molecule is C#CCOc1cc(OC)ccc1/C=C(\C#N)C(=O)Nc1ccc(OCc2ccc(Br)cc2)cc1. The van der Waals surface area contributed by atoms with Crippen LogP contribution in [0.1, 0.15) is 11.1 Å². The van der Waals surface area contributed by atoms with Gasteiger partial charge in [0.1, 0.15) is 42.1 Å². The molecule has 0 aromatic heterocycles. The van der Waals surface area contributed by atoms with Crippen LogP contribution in [0, 0.1) is 23.7 Å². The number of nitriles is 1. The Morgan fingerprint density at radius 3 is 2.41 bits per heavy atom. The summed E-state index contributed by atoms with van der Waals surface area (Å²) in [7, 11) is 1.53. The number of nitrogens with zero attached hydrogens (tertiary/aromatic N) is 1. The van der Waals surface area contributed by atoms with Gasteiger partial charge in [-0.3, -0.25) is 4.79 Å². The van der Waals surface area contributed by atoms with Gasteiger partial charge in [-0.2, -0.15) is 5.26 Å². The summed E-state index contributed by atoms with van der Waals surface area (Å²) < 4.78 is 17.5. The molecule has 34 heavy (non-hydrogen) atoms. The molecule has 0 unspecified atom stereocenters. The first-order valence-electron chi connectivity index (χ1n) is 10.2. The van der Waals surface area contributed by atoms with Gasteiger partial charge < -0.3 is 19.5 Å². The van der Waals surface area contributed by atoms with E-state index in [0.29, 0.717) is 35.1 Å². The monoisotopic (exact) mass is 516 g/mol. The van der Waals surface area contributed by atoms with Crippen LogP contribution < -0.4 is 19.5 Å². The van der Waals surface area contributed by atoms with E-state index < -0.39 is 5.91 Å². The van der Waals surface area contributed by atoms with Crippen molar-refractivity contribution in [2.75, 3.05) is 19.0 Å². The summed E-state index contributed by atoms with van der Waals surface area (Å²) in [4.78, 5) is 12.7. The Hall–Kier alpha value is -4.20. The largest absolute Gasteiger partial charge is 0.497 e. The zero-order valence-corrected chi connectivity index (χ0v) is 20.0. The summed E-state index contributed by atoms with van der Waals surface area (Å²) >= 11 is 3.40. The second kappa shape index (κ2) is 12.2. The molecule has 1 amide bonds. The minimum Gasteiger partial charge on any atom is -0.497 e. The number of amides is 1. The zero-order valence-electron chi connectivity index (χ0n) is 18.4. The second-order valence-electron chi connectivity index (χ2n) is 6.96. The molecule has 0 aliphatic heterocycles. The number of carbonyl (C=O) groups is 1. The average Bonchev–Trinajstić information content (AvgIpc) is 2.86. The minimum absolute atomic E-state index is 0.0400. The summed E-state index contributed by atoms with van der Waals surface area (Å²) in [5.41, 5.74) is 2.00. The van der Waals surface area contributed by atoms with Gasteiger partial charge in [0.2, 0.25) is 0 Å². The number of hydrogen-bond acceptors (Lipinski definition) is 5. The van der Waals surface area contributed by atoms with E-state index >= 15 is 0 Å². The molecular weight excluding hydrogens is 496 g/mol. The highest BCUT2D eigenvalue weighted by atomic mass is 79.9. The van der Waals surface area contributed by atoms with Crippen molar-refractivity contribution >= 4 is 33.6 Å². The Balaban J connectivity index is 1.68. The van der Waals surface area contributed by atoms with Gasteiger partial charge in [0.25, 0.3) is 5.91 Å². The van der Waals surface area contributed by atoms with Crippen molar-refractivity contribution in [3.05, 3.63) is 87.9 Å². The Bertz CT molecular complexity index is 1250. The van der Waals surface area contributed by atoms with E-state index in [0.717, 1.165) is 10.0 Å². The number of halogens is 1.